The molecule has 0 spiro atoms. The number of H-pyrrole nitrogens is 1. The van der Waals surface area contributed by atoms with Crippen molar-refractivity contribution in [3.63, 3.8) is 0 Å². The summed E-state index contributed by atoms with van der Waals surface area (Å²) in [4.78, 5) is 51.7. The van der Waals surface area contributed by atoms with E-state index in [-0.39, 0.29) is 17.9 Å². The van der Waals surface area contributed by atoms with E-state index in [2.05, 4.69) is 10.3 Å². The lowest BCUT2D eigenvalue weighted by molar-refractivity contribution is -0.150. The molecular weight excluding hydrogens is 376 g/mol. The molecule has 2 atom stereocenters. The lowest BCUT2D eigenvalue weighted by atomic mass is 10.0. The molecule has 0 saturated heterocycles. The second kappa shape index (κ2) is 7.90. The Morgan fingerprint density at radius 3 is 2.55 bits per heavy atom. The standard InChI is InChI=1S/C21H22N2O6/c1-10-18(12(3)24)11(2)22-19(10)20(26)13(4)28-17(25)9-16-21(27)23-14-7-5-6-8-15(14)29-16/h5-8,13,16,22H,9H2,1-4H3,(H,23,27)/t13-,16-/m1/s1. The molecule has 1 amide bonds. The molecule has 8 heteroatoms. The van der Waals surface area contributed by atoms with Crippen LogP contribution in [-0.2, 0) is 14.3 Å². The largest absolute Gasteiger partial charge is 0.478 e. The number of ether oxygens (including phenoxy) is 2. The molecule has 152 valence electrons. The van der Waals surface area contributed by atoms with Crippen LogP contribution in [0.3, 0.4) is 0 Å². The topological polar surface area (TPSA) is 115 Å². The Labute approximate surface area is 167 Å². The van der Waals surface area contributed by atoms with Crippen LogP contribution in [0, 0.1) is 13.8 Å². The summed E-state index contributed by atoms with van der Waals surface area (Å²) in [7, 11) is 0. The SMILES string of the molecule is CC(=O)c1c(C)[nH]c(C(=O)[C@@H](C)OC(=O)C[C@H]2Oc3ccccc3NC2=O)c1C. The Bertz CT molecular complexity index is 1010. The van der Waals surface area contributed by atoms with Gasteiger partial charge in [0.1, 0.15) is 5.75 Å². The highest BCUT2D eigenvalue weighted by molar-refractivity contribution is 6.05. The van der Waals surface area contributed by atoms with E-state index in [1.54, 1.807) is 38.1 Å². The van der Waals surface area contributed by atoms with Gasteiger partial charge in [-0.3, -0.25) is 19.2 Å². The van der Waals surface area contributed by atoms with E-state index in [1.165, 1.54) is 13.8 Å². The third-order valence-electron chi connectivity index (χ3n) is 4.77. The zero-order valence-electron chi connectivity index (χ0n) is 16.6. The van der Waals surface area contributed by atoms with Gasteiger partial charge >= 0.3 is 5.97 Å². The van der Waals surface area contributed by atoms with Crippen LogP contribution in [0.1, 0.15) is 52.4 Å². The van der Waals surface area contributed by atoms with Gasteiger partial charge in [0.05, 0.1) is 17.8 Å². The number of hydrogen-bond donors (Lipinski definition) is 2. The van der Waals surface area contributed by atoms with Gasteiger partial charge in [-0.1, -0.05) is 12.1 Å². The van der Waals surface area contributed by atoms with E-state index in [0.717, 1.165) is 0 Å². The molecule has 1 aliphatic rings. The van der Waals surface area contributed by atoms with Crippen LogP contribution in [0.2, 0.25) is 0 Å². The first-order valence-electron chi connectivity index (χ1n) is 9.19. The van der Waals surface area contributed by atoms with Crippen LogP contribution in [-0.4, -0.2) is 40.6 Å². The van der Waals surface area contributed by atoms with E-state index in [9.17, 15) is 19.2 Å². The lowest BCUT2D eigenvalue weighted by Gasteiger charge is -2.25. The Hall–Kier alpha value is -3.42. The maximum atomic E-state index is 12.7. The maximum absolute atomic E-state index is 12.7. The van der Waals surface area contributed by atoms with Crippen LogP contribution in [0.5, 0.6) is 5.75 Å². The number of aromatic amines is 1. The first kappa shape index (κ1) is 20.3. The van der Waals surface area contributed by atoms with E-state index in [0.29, 0.717) is 28.3 Å². The van der Waals surface area contributed by atoms with E-state index >= 15 is 0 Å². The molecule has 0 radical (unpaired) electrons. The number of carbonyl (C=O) groups is 4. The molecule has 1 aromatic carbocycles. The number of esters is 1. The zero-order valence-corrected chi connectivity index (χ0v) is 16.6. The van der Waals surface area contributed by atoms with Crippen molar-refractivity contribution in [3.05, 3.63) is 46.8 Å². The molecule has 1 aromatic heterocycles. The summed E-state index contributed by atoms with van der Waals surface area (Å²) in [6.07, 6.45) is -2.46. The van der Waals surface area contributed by atoms with Gasteiger partial charge in [-0.2, -0.15) is 0 Å². The highest BCUT2D eigenvalue weighted by Gasteiger charge is 2.32. The smallest absolute Gasteiger partial charge is 0.310 e. The number of ketones is 2. The minimum absolute atomic E-state index is 0.152. The Morgan fingerprint density at radius 1 is 1.21 bits per heavy atom. The number of hydrogen-bond acceptors (Lipinski definition) is 6. The van der Waals surface area contributed by atoms with Crippen LogP contribution in [0.25, 0.3) is 0 Å². The normalized spacial score (nSPS) is 16.3. The Balaban J connectivity index is 1.65. The van der Waals surface area contributed by atoms with E-state index in [1.807, 2.05) is 0 Å². The predicted octanol–water partition coefficient (Wildman–Crippen LogP) is 2.74. The fraction of sp³-hybridized carbons (Fsp3) is 0.333. The van der Waals surface area contributed by atoms with Crippen molar-refractivity contribution in [2.45, 2.75) is 46.3 Å². The number of fused-ring (bicyclic) bond motifs is 1. The minimum Gasteiger partial charge on any atom is -0.478 e. The number of Topliss-reactive ketones (excluding diaryl/α,β-unsaturated/α-hetero) is 2. The van der Waals surface area contributed by atoms with Crippen molar-refractivity contribution in [3.8, 4) is 5.75 Å². The monoisotopic (exact) mass is 398 g/mol. The predicted molar refractivity (Wildman–Crippen MR) is 104 cm³/mol. The Kier molecular flexibility index (Phi) is 5.54. The molecule has 29 heavy (non-hydrogen) atoms. The van der Waals surface area contributed by atoms with Crippen molar-refractivity contribution >= 4 is 29.1 Å². The zero-order chi connectivity index (χ0) is 21.3. The van der Waals surface area contributed by atoms with Gasteiger partial charge in [0, 0.05) is 11.3 Å². The summed E-state index contributed by atoms with van der Waals surface area (Å²) in [6, 6.07) is 6.88. The number of nitrogens with one attached hydrogen (secondary N) is 2. The number of anilines is 1. The van der Waals surface area contributed by atoms with Gasteiger partial charge in [0.15, 0.2) is 18.0 Å². The summed E-state index contributed by atoms with van der Waals surface area (Å²) in [5, 5.41) is 2.67. The number of carbonyl (C=O) groups excluding carboxylic acids is 4. The number of benzene rings is 1. The van der Waals surface area contributed by atoms with Crippen molar-refractivity contribution < 1.29 is 28.7 Å². The number of amides is 1. The molecule has 0 bridgehead atoms. The first-order valence-corrected chi connectivity index (χ1v) is 9.19. The quantitative estimate of drug-likeness (QED) is 0.571. The summed E-state index contributed by atoms with van der Waals surface area (Å²) in [5.41, 5.74) is 2.33. The van der Waals surface area contributed by atoms with Gasteiger partial charge in [-0.15, -0.1) is 0 Å². The molecule has 0 aliphatic carbocycles. The molecule has 1 aliphatic heterocycles. The molecule has 8 nitrogen and oxygen atoms in total. The van der Waals surface area contributed by atoms with Crippen LogP contribution in [0.4, 0.5) is 5.69 Å². The van der Waals surface area contributed by atoms with Crippen molar-refractivity contribution in [2.75, 3.05) is 5.32 Å². The number of para-hydroxylation sites is 2. The van der Waals surface area contributed by atoms with Crippen LogP contribution >= 0.6 is 0 Å². The average Bonchev–Trinajstić information content (AvgIpc) is 2.95. The van der Waals surface area contributed by atoms with Gasteiger partial charge < -0.3 is 19.8 Å². The van der Waals surface area contributed by atoms with Gasteiger partial charge in [0.2, 0.25) is 5.78 Å². The summed E-state index contributed by atoms with van der Waals surface area (Å²) < 4.78 is 10.8. The molecule has 0 unspecified atom stereocenters. The second-order valence-corrected chi connectivity index (χ2v) is 6.97. The minimum atomic E-state index is -1.09. The van der Waals surface area contributed by atoms with Gasteiger partial charge in [0.25, 0.3) is 5.91 Å². The van der Waals surface area contributed by atoms with Gasteiger partial charge in [-0.25, -0.2) is 0 Å². The average molecular weight is 398 g/mol. The van der Waals surface area contributed by atoms with Crippen molar-refractivity contribution in [1.82, 2.24) is 4.98 Å². The number of aromatic nitrogens is 1. The molecule has 2 heterocycles. The van der Waals surface area contributed by atoms with Crippen LogP contribution < -0.4 is 10.1 Å². The molecule has 0 fully saturated rings. The molecule has 3 rings (SSSR count). The van der Waals surface area contributed by atoms with Gasteiger partial charge in [-0.05, 0) is 45.4 Å². The summed E-state index contributed by atoms with van der Waals surface area (Å²) in [6.45, 7) is 6.24. The van der Waals surface area contributed by atoms with E-state index in [4.69, 9.17) is 9.47 Å². The van der Waals surface area contributed by atoms with Crippen molar-refractivity contribution in [2.24, 2.45) is 0 Å². The summed E-state index contributed by atoms with van der Waals surface area (Å²) >= 11 is 0. The fourth-order valence-corrected chi connectivity index (χ4v) is 3.40. The lowest BCUT2D eigenvalue weighted by Crippen LogP contribution is -2.39. The molecule has 2 aromatic rings. The Morgan fingerprint density at radius 2 is 1.90 bits per heavy atom. The number of rotatable bonds is 6. The molecule has 0 saturated carbocycles. The maximum Gasteiger partial charge on any atom is 0.310 e. The second-order valence-electron chi connectivity index (χ2n) is 6.97. The third-order valence-corrected chi connectivity index (χ3v) is 4.77. The van der Waals surface area contributed by atoms with E-state index < -0.39 is 29.9 Å². The highest BCUT2D eigenvalue weighted by Crippen LogP contribution is 2.29. The summed E-state index contributed by atoms with van der Waals surface area (Å²) in [5.74, 6) is -1.34. The van der Waals surface area contributed by atoms with Crippen LogP contribution in [0.15, 0.2) is 24.3 Å². The molecular formula is C21H22N2O6. The third kappa shape index (κ3) is 4.06. The van der Waals surface area contributed by atoms with Crippen molar-refractivity contribution in [1.29, 1.82) is 0 Å². The first-order chi connectivity index (χ1) is 13.7. The fourth-order valence-electron chi connectivity index (χ4n) is 3.40. The molecule has 2 N–H and O–H groups in total. The number of aryl methyl sites for hydroxylation is 1. The highest BCUT2D eigenvalue weighted by atomic mass is 16.6.